The van der Waals surface area contributed by atoms with Crippen molar-refractivity contribution in [3.05, 3.63) is 46.8 Å². The van der Waals surface area contributed by atoms with E-state index < -0.39 is 0 Å². The standard InChI is InChI=1S/C16H19NOS/c1-11-6-5-7-12(10-11)13-8-9-14(19-13)15(18)17-16(2,3)4/h5-10H,1-4H3,(H,17,18). The number of nitrogens with one attached hydrogen (secondary N) is 1. The molecule has 19 heavy (non-hydrogen) atoms. The molecular formula is C16H19NOS. The summed E-state index contributed by atoms with van der Waals surface area (Å²) in [5, 5.41) is 2.98. The highest BCUT2D eigenvalue weighted by Crippen LogP contribution is 2.28. The zero-order valence-corrected chi connectivity index (χ0v) is 12.6. The molecule has 0 unspecified atom stereocenters. The van der Waals surface area contributed by atoms with E-state index in [1.54, 1.807) is 0 Å². The SMILES string of the molecule is Cc1cccc(-c2ccc(C(=O)NC(C)(C)C)s2)c1. The first-order valence-electron chi connectivity index (χ1n) is 6.34. The number of hydrogen-bond donors (Lipinski definition) is 1. The average Bonchev–Trinajstić information content (AvgIpc) is 2.75. The van der Waals surface area contributed by atoms with Crippen LogP contribution in [0.25, 0.3) is 10.4 Å². The Bertz CT molecular complexity index is 593. The molecule has 0 aliphatic carbocycles. The van der Waals surface area contributed by atoms with Crippen molar-refractivity contribution in [2.24, 2.45) is 0 Å². The number of rotatable bonds is 2. The average molecular weight is 273 g/mol. The van der Waals surface area contributed by atoms with Crippen molar-refractivity contribution in [2.75, 3.05) is 0 Å². The van der Waals surface area contributed by atoms with Crippen LogP contribution in [0.15, 0.2) is 36.4 Å². The summed E-state index contributed by atoms with van der Waals surface area (Å²) in [5.41, 5.74) is 2.19. The maximum absolute atomic E-state index is 12.1. The summed E-state index contributed by atoms with van der Waals surface area (Å²) in [6, 6.07) is 12.2. The lowest BCUT2D eigenvalue weighted by Gasteiger charge is -2.19. The molecule has 2 nitrogen and oxygen atoms in total. The van der Waals surface area contributed by atoms with Crippen molar-refractivity contribution >= 4 is 17.2 Å². The summed E-state index contributed by atoms with van der Waals surface area (Å²) in [7, 11) is 0. The third-order valence-corrected chi connectivity index (χ3v) is 3.75. The fraction of sp³-hybridized carbons (Fsp3) is 0.312. The van der Waals surface area contributed by atoms with E-state index in [1.165, 1.54) is 22.5 Å². The van der Waals surface area contributed by atoms with Crippen molar-refractivity contribution in [1.82, 2.24) is 5.32 Å². The van der Waals surface area contributed by atoms with Gasteiger partial charge in [0.1, 0.15) is 0 Å². The van der Waals surface area contributed by atoms with Gasteiger partial charge in [0.2, 0.25) is 0 Å². The van der Waals surface area contributed by atoms with E-state index in [9.17, 15) is 4.79 Å². The van der Waals surface area contributed by atoms with Crippen molar-refractivity contribution in [3.8, 4) is 10.4 Å². The second-order valence-corrected chi connectivity index (χ2v) is 6.82. The Balaban J connectivity index is 2.22. The van der Waals surface area contributed by atoms with Crippen LogP contribution in [0.4, 0.5) is 0 Å². The number of carbonyl (C=O) groups is 1. The van der Waals surface area contributed by atoms with Crippen molar-refractivity contribution in [1.29, 1.82) is 0 Å². The summed E-state index contributed by atoms with van der Waals surface area (Å²) in [6.07, 6.45) is 0. The van der Waals surface area contributed by atoms with Gasteiger partial charge in [-0.15, -0.1) is 11.3 Å². The number of amides is 1. The molecule has 0 atom stereocenters. The quantitative estimate of drug-likeness (QED) is 0.870. The molecule has 0 aliphatic heterocycles. The fourth-order valence-corrected chi connectivity index (χ4v) is 2.71. The molecule has 0 fully saturated rings. The van der Waals surface area contributed by atoms with Gasteiger partial charge in [0, 0.05) is 10.4 Å². The number of hydrogen-bond acceptors (Lipinski definition) is 2. The summed E-state index contributed by atoms with van der Waals surface area (Å²) in [6.45, 7) is 8.03. The van der Waals surface area contributed by atoms with E-state index in [2.05, 4.69) is 30.4 Å². The van der Waals surface area contributed by atoms with E-state index in [4.69, 9.17) is 0 Å². The van der Waals surface area contributed by atoms with Gasteiger partial charge in [0.25, 0.3) is 5.91 Å². The van der Waals surface area contributed by atoms with Crippen molar-refractivity contribution in [2.45, 2.75) is 33.2 Å². The molecule has 0 bridgehead atoms. The van der Waals surface area contributed by atoms with Gasteiger partial charge in [-0.3, -0.25) is 4.79 Å². The fourth-order valence-electron chi connectivity index (χ4n) is 1.82. The molecule has 0 aliphatic rings. The second kappa shape index (κ2) is 5.17. The minimum atomic E-state index is -0.204. The summed E-state index contributed by atoms with van der Waals surface area (Å²) in [5.74, 6) is -0.00333. The first-order valence-corrected chi connectivity index (χ1v) is 7.16. The Morgan fingerprint density at radius 1 is 1.16 bits per heavy atom. The predicted octanol–water partition coefficient (Wildman–Crippen LogP) is 4.25. The molecule has 1 aromatic heterocycles. The van der Waals surface area contributed by atoms with Crippen molar-refractivity contribution in [3.63, 3.8) is 0 Å². The third kappa shape index (κ3) is 3.67. The number of thiophene rings is 1. The second-order valence-electron chi connectivity index (χ2n) is 5.74. The molecule has 0 radical (unpaired) electrons. The van der Waals surface area contributed by atoms with E-state index in [-0.39, 0.29) is 11.4 Å². The first-order chi connectivity index (χ1) is 8.85. The molecule has 1 heterocycles. The van der Waals surface area contributed by atoms with Gasteiger partial charge in [0.05, 0.1) is 4.88 Å². The van der Waals surface area contributed by atoms with Crippen LogP contribution in [0.2, 0.25) is 0 Å². The molecule has 2 aromatic rings. The van der Waals surface area contributed by atoms with Crippen LogP contribution in [0.1, 0.15) is 36.0 Å². The lowest BCUT2D eigenvalue weighted by Crippen LogP contribution is -2.40. The largest absolute Gasteiger partial charge is 0.347 e. The van der Waals surface area contributed by atoms with Gasteiger partial charge in [0.15, 0.2) is 0 Å². The van der Waals surface area contributed by atoms with Gasteiger partial charge in [-0.1, -0.05) is 29.8 Å². The molecular weight excluding hydrogens is 254 g/mol. The minimum Gasteiger partial charge on any atom is -0.347 e. The highest BCUT2D eigenvalue weighted by molar-refractivity contribution is 7.17. The highest BCUT2D eigenvalue weighted by Gasteiger charge is 2.17. The third-order valence-electron chi connectivity index (χ3n) is 2.62. The molecule has 1 amide bonds. The number of aryl methyl sites for hydroxylation is 1. The van der Waals surface area contributed by atoms with Gasteiger partial charge in [-0.25, -0.2) is 0 Å². The summed E-state index contributed by atoms with van der Waals surface area (Å²) < 4.78 is 0. The van der Waals surface area contributed by atoms with Crippen LogP contribution in [0.5, 0.6) is 0 Å². The minimum absolute atomic E-state index is 0.00333. The normalized spacial score (nSPS) is 11.4. The molecule has 0 saturated heterocycles. The molecule has 0 spiro atoms. The van der Waals surface area contributed by atoms with Crippen LogP contribution < -0.4 is 5.32 Å². The van der Waals surface area contributed by atoms with Gasteiger partial charge >= 0.3 is 0 Å². The lowest BCUT2D eigenvalue weighted by molar-refractivity contribution is 0.0924. The number of carbonyl (C=O) groups excluding carboxylic acids is 1. The molecule has 2 rings (SSSR count). The predicted molar refractivity (Wildman–Crippen MR) is 81.7 cm³/mol. The maximum atomic E-state index is 12.1. The van der Waals surface area contributed by atoms with Crippen LogP contribution in [0, 0.1) is 6.92 Å². The van der Waals surface area contributed by atoms with Crippen LogP contribution in [-0.2, 0) is 0 Å². The van der Waals surface area contributed by atoms with Crippen LogP contribution in [0.3, 0.4) is 0 Å². The van der Waals surface area contributed by atoms with Crippen molar-refractivity contribution < 1.29 is 4.79 Å². The lowest BCUT2D eigenvalue weighted by atomic mass is 10.1. The van der Waals surface area contributed by atoms with Gasteiger partial charge < -0.3 is 5.32 Å². The summed E-state index contributed by atoms with van der Waals surface area (Å²) >= 11 is 1.53. The van der Waals surface area contributed by atoms with Gasteiger partial charge in [-0.05, 0) is 45.4 Å². The smallest absolute Gasteiger partial charge is 0.261 e. The Morgan fingerprint density at radius 2 is 1.89 bits per heavy atom. The zero-order chi connectivity index (χ0) is 14.0. The Morgan fingerprint density at radius 3 is 2.53 bits per heavy atom. The van der Waals surface area contributed by atoms with Gasteiger partial charge in [-0.2, -0.15) is 0 Å². The van der Waals surface area contributed by atoms with E-state index in [1.807, 2.05) is 39.0 Å². The maximum Gasteiger partial charge on any atom is 0.261 e. The number of benzene rings is 1. The monoisotopic (exact) mass is 273 g/mol. The topological polar surface area (TPSA) is 29.1 Å². The molecule has 0 saturated carbocycles. The van der Waals surface area contributed by atoms with Crippen LogP contribution in [-0.4, -0.2) is 11.4 Å². The molecule has 100 valence electrons. The Hall–Kier alpha value is -1.61. The first kappa shape index (κ1) is 13.8. The molecule has 1 N–H and O–H groups in total. The zero-order valence-electron chi connectivity index (χ0n) is 11.8. The van der Waals surface area contributed by atoms with E-state index >= 15 is 0 Å². The van der Waals surface area contributed by atoms with Crippen LogP contribution >= 0.6 is 11.3 Å². The Labute approximate surface area is 118 Å². The Kier molecular flexibility index (Phi) is 3.76. The summed E-state index contributed by atoms with van der Waals surface area (Å²) in [4.78, 5) is 14.0. The van der Waals surface area contributed by atoms with E-state index in [0.29, 0.717) is 0 Å². The highest BCUT2D eigenvalue weighted by atomic mass is 32.1. The molecule has 3 heteroatoms. The van der Waals surface area contributed by atoms with E-state index in [0.717, 1.165) is 9.75 Å². The molecule has 1 aromatic carbocycles.